The zero-order chi connectivity index (χ0) is 12.3. The summed E-state index contributed by atoms with van der Waals surface area (Å²) in [4.78, 5) is 0. The van der Waals surface area contributed by atoms with Crippen molar-refractivity contribution in [3.63, 3.8) is 0 Å². The van der Waals surface area contributed by atoms with Crippen LogP contribution >= 0.6 is 0 Å². The molecule has 0 saturated carbocycles. The average molecular weight is 233 g/mol. The molecule has 0 aliphatic carbocycles. The van der Waals surface area contributed by atoms with Crippen LogP contribution in [-0.2, 0) is 0 Å². The third-order valence-corrected chi connectivity index (χ3v) is 3.22. The van der Waals surface area contributed by atoms with Gasteiger partial charge in [0.05, 0.1) is 6.61 Å². The van der Waals surface area contributed by atoms with Gasteiger partial charge in [0.15, 0.2) is 0 Å². The third-order valence-electron chi connectivity index (χ3n) is 3.22. The van der Waals surface area contributed by atoms with E-state index in [1.54, 1.807) is 0 Å². The van der Waals surface area contributed by atoms with Gasteiger partial charge in [0.2, 0.25) is 0 Å². The molecule has 1 fully saturated rings. The summed E-state index contributed by atoms with van der Waals surface area (Å²) in [6.07, 6.45) is 1.24. The Morgan fingerprint density at radius 2 is 2.00 bits per heavy atom. The Morgan fingerprint density at radius 3 is 2.53 bits per heavy atom. The number of rotatable bonds is 4. The summed E-state index contributed by atoms with van der Waals surface area (Å²) in [5, 5.41) is 3.55. The lowest BCUT2D eigenvalue weighted by atomic mass is 10.0. The zero-order valence-corrected chi connectivity index (χ0v) is 11.1. The van der Waals surface area contributed by atoms with Gasteiger partial charge < -0.3 is 10.1 Å². The van der Waals surface area contributed by atoms with E-state index >= 15 is 0 Å². The highest BCUT2D eigenvalue weighted by molar-refractivity contribution is 5.29. The molecule has 2 atom stereocenters. The van der Waals surface area contributed by atoms with Crippen LogP contribution in [0.5, 0.6) is 5.75 Å². The van der Waals surface area contributed by atoms with Crippen molar-refractivity contribution in [2.75, 3.05) is 13.2 Å². The quantitative estimate of drug-likeness (QED) is 0.860. The normalized spacial score (nSPS) is 24.2. The average Bonchev–Trinajstić information content (AvgIpc) is 2.74. The molecule has 1 aliphatic rings. The minimum absolute atomic E-state index is 0.532. The smallest absolute Gasteiger partial charge is 0.119 e. The van der Waals surface area contributed by atoms with Crippen LogP contribution in [0.25, 0.3) is 0 Å². The monoisotopic (exact) mass is 233 g/mol. The number of nitrogens with one attached hydrogen (secondary N) is 1. The molecule has 1 aliphatic heterocycles. The van der Waals surface area contributed by atoms with E-state index in [-0.39, 0.29) is 0 Å². The minimum atomic E-state index is 0.532. The van der Waals surface area contributed by atoms with Crippen LogP contribution in [0.1, 0.15) is 38.8 Å². The Kier molecular flexibility index (Phi) is 4.06. The molecular formula is C15H23NO. The van der Waals surface area contributed by atoms with Crippen LogP contribution in [0.15, 0.2) is 24.3 Å². The second kappa shape index (κ2) is 5.54. The zero-order valence-electron chi connectivity index (χ0n) is 11.1. The molecule has 94 valence electrons. The van der Waals surface area contributed by atoms with Crippen molar-refractivity contribution < 1.29 is 4.74 Å². The molecule has 0 unspecified atom stereocenters. The van der Waals surface area contributed by atoms with Crippen LogP contribution in [-0.4, -0.2) is 13.2 Å². The van der Waals surface area contributed by atoms with Crippen molar-refractivity contribution in [3.8, 4) is 5.75 Å². The molecule has 2 rings (SSSR count). The molecule has 0 amide bonds. The van der Waals surface area contributed by atoms with Crippen LogP contribution in [0, 0.1) is 11.8 Å². The maximum atomic E-state index is 5.69. The van der Waals surface area contributed by atoms with Crippen molar-refractivity contribution in [1.82, 2.24) is 5.32 Å². The Bertz CT molecular complexity index is 344. The molecule has 1 N–H and O–H groups in total. The molecule has 0 aromatic heterocycles. The molecule has 0 radical (unpaired) electrons. The van der Waals surface area contributed by atoms with Gasteiger partial charge in [-0.1, -0.05) is 32.9 Å². The van der Waals surface area contributed by atoms with Crippen molar-refractivity contribution >= 4 is 0 Å². The second-order valence-electron chi connectivity index (χ2n) is 5.58. The van der Waals surface area contributed by atoms with E-state index in [0.717, 1.165) is 24.8 Å². The lowest BCUT2D eigenvalue weighted by molar-refractivity contribution is 0.271. The Hall–Kier alpha value is -1.02. The van der Waals surface area contributed by atoms with Crippen LogP contribution in [0.3, 0.4) is 0 Å². The summed E-state index contributed by atoms with van der Waals surface area (Å²) < 4.78 is 5.69. The maximum Gasteiger partial charge on any atom is 0.119 e. The Morgan fingerprint density at radius 1 is 1.29 bits per heavy atom. The molecule has 1 aromatic carbocycles. The molecule has 17 heavy (non-hydrogen) atoms. The van der Waals surface area contributed by atoms with Gasteiger partial charge in [-0.2, -0.15) is 0 Å². The van der Waals surface area contributed by atoms with Gasteiger partial charge in [-0.15, -0.1) is 0 Å². The predicted molar refractivity (Wildman–Crippen MR) is 71.3 cm³/mol. The molecule has 1 heterocycles. The number of ether oxygens (including phenoxy) is 1. The van der Waals surface area contributed by atoms with E-state index in [0.29, 0.717) is 12.0 Å². The van der Waals surface area contributed by atoms with Gasteiger partial charge in [0.25, 0.3) is 0 Å². The summed E-state index contributed by atoms with van der Waals surface area (Å²) in [7, 11) is 0. The Balaban J connectivity index is 1.93. The summed E-state index contributed by atoms with van der Waals surface area (Å²) in [5.74, 6) is 2.34. The van der Waals surface area contributed by atoms with Crippen molar-refractivity contribution in [3.05, 3.63) is 29.8 Å². The predicted octanol–water partition coefficient (Wildman–Crippen LogP) is 3.39. The molecule has 0 spiro atoms. The molecule has 2 nitrogen and oxygen atoms in total. The van der Waals surface area contributed by atoms with E-state index in [2.05, 4.69) is 50.4 Å². The van der Waals surface area contributed by atoms with Crippen LogP contribution < -0.4 is 10.1 Å². The fourth-order valence-electron chi connectivity index (χ4n) is 2.23. The summed E-state index contributed by atoms with van der Waals surface area (Å²) >= 11 is 0. The minimum Gasteiger partial charge on any atom is -0.493 e. The first kappa shape index (κ1) is 12.4. The summed E-state index contributed by atoms with van der Waals surface area (Å²) in [6.45, 7) is 8.55. The standard InChI is InChI=1S/C15H23NO/c1-11(2)10-17-14-6-4-13(5-7-14)15-8-12(3)9-16-15/h4-7,11-12,15-16H,8-10H2,1-3H3/t12-,15-/m0/s1. The lowest BCUT2D eigenvalue weighted by Crippen LogP contribution is -2.13. The fraction of sp³-hybridized carbons (Fsp3) is 0.600. The van der Waals surface area contributed by atoms with E-state index in [1.807, 2.05) is 0 Å². The highest BCUT2D eigenvalue weighted by atomic mass is 16.5. The Labute approximate surface area is 104 Å². The van der Waals surface area contributed by atoms with Gasteiger partial charge in [0, 0.05) is 6.04 Å². The maximum absolute atomic E-state index is 5.69. The van der Waals surface area contributed by atoms with Crippen molar-refractivity contribution in [1.29, 1.82) is 0 Å². The number of hydrogen-bond acceptors (Lipinski definition) is 2. The molecular weight excluding hydrogens is 210 g/mol. The number of benzene rings is 1. The summed E-state index contributed by atoms with van der Waals surface area (Å²) in [5.41, 5.74) is 1.38. The fourth-order valence-corrected chi connectivity index (χ4v) is 2.23. The number of hydrogen-bond donors (Lipinski definition) is 1. The van der Waals surface area contributed by atoms with Gasteiger partial charge in [0.1, 0.15) is 5.75 Å². The largest absolute Gasteiger partial charge is 0.493 e. The van der Waals surface area contributed by atoms with Crippen LogP contribution in [0.2, 0.25) is 0 Å². The second-order valence-corrected chi connectivity index (χ2v) is 5.58. The SMILES string of the molecule is CC(C)COc1ccc([C@@H]2C[C@H](C)CN2)cc1. The first-order valence-electron chi connectivity index (χ1n) is 6.61. The van der Waals surface area contributed by atoms with Gasteiger partial charge >= 0.3 is 0 Å². The van der Waals surface area contributed by atoms with Gasteiger partial charge in [-0.05, 0) is 42.5 Å². The molecule has 1 saturated heterocycles. The first-order chi connectivity index (χ1) is 8.15. The van der Waals surface area contributed by atoms with Crippen molar-refractivity contribution in [2.45, 2.75) is 33.2 Å². The third kappa shape index (κ3) is 3.47. The van der Waals surface area contributed by atoms with E-state index in [9.17, 15) is 0 Å². The highest BCUT2D eigenvalue weighted by Crippen LogP contribution is 2.27. The van der Waals surface area contributed by atoms with Gasteiger partial charge in [-0.25, -0.2) is 0 Å². The topological polar surface area (TPSA) is 21.3 Å². The molecule has 1 aromatic rings. The van der Waals surface area contributed by atoms with Crippen LogP contribution in [0.4, 0.5) is 0 Å². The summed E-state index contributed by atoms with van der Waals surface area (Å²) in [6, 6.07) is 9.07. The van der Waals surface area contributed by atoms with Crippen molar-refractivity contribution in [2.24, 2.45) is 11.8 Å². The van der Waals surface area contributed by atoms with E-state index in [1.165, 1.54) is 12.0 Å². The molecule has 0 bridgehead atoms. The molecule has 2 heteroatoms. The van der Waals surface area contributed by atoms with E-state index < -0.39 is 0 Å². The van der Waals surface area contributed by atoms with E-state index in [4.69, 9.17) is 4.74 Å². The lowest BCUT2D eigenvalue weighted by Gasteiger charge is -2.12. The first-order valence-corrected chi connectivity index (χ1v) is 6.61. The highest BCUT2D eigenvalue weighted by Gasteiger charge is 2.21. The van der Waals surface area contributed by atoms with Gasteiger partial charge in [-0.3, -0.25) is 0 Å².